The number of carbonyl (C=O) groups excluding carboxylic acids is 1. The third kappa shape index (κ3) is 3.94. The van der Waals surface area contributed by atoms with Crippen molar-refractivity contribution in [2.24, 2.45) is 0 Å². The van der Waals surface area contributed by atoms with Crippen molar-refractivity contribution in [2.75, 3.05) is 31.1 Å². The molecule has 1 aliphatic heterocycles. The monoisotopic (exact) mass is 398 g/mol. The first-order valence-corrected chi connectivity index (χ1v) is 9.89. The maximum Gasteiger partial charge on any atom is 0.227 e. The molecule has 28 heavy (non-hydrogen) atoms. The molecule has 0 radical (unpaired) electrons. The SMILES string of the molecule is N=Cn1nc(N2CCN(C(=O)Cc3ccc(Cl)c(C4CC4)c3)CC2)ccc1=N. The molecule has 2 N–H and O–H groups in total. The zero-order valence-electron chi connectivity index (χ0n) is 15.6. The molecule has 1 amide bonds. The summed E-state index contributed by atoms with van der Waals surface area (Å²) in [5, 5.41) is 20.1. The van der Waals surface area contributed by atoms with Gasteiger partial charge in [-0.15, -0.1) is 5.10 Å². The molecule has 2 aromatic rings. The van der Waals surface area contributed by atoms with E-state index in [4.69, 9.17) is 22.4 Å². The van der Waals surface area contributed by atoms with Crippen molar-refractivity contribution in [3.05, 3.63) is 52.0 Å². The molecule has 1 aromatic heterocycles. The lowest BCUT2D eigenvalue weighted by Crippen LogP contribution is -2.49. The Kier molecular flexibility index (Phi) is 5.17. The summed E-state index contributed by atoms with van der Waals surface area (Å²) in [5.41, 5.74) is 2.37. The predicted molar refractivity (Wildman–Crippen MR) is 108 cm³/mol. The lowest BCUT2D eigenvalue weighted by Gasteiger charge is -2.35. The first-order valence-electron chi connectivity index (χ1n) is 9.51. The number of halogens is 1. The van der Waals surface area contributed by atoms with Crippen molar-refractivity contribution in [3.8, 4) is 0 Å². The van der Waals surface area contributed by atoms with Gasteiger partial charge in [0.05, 0.1) is 6.42 Å². The molecule has 1 aromatic carbocycles. The smallest absolute Gasteiger partial charge is 0.227 e. The van der Waals surface area contributed by atoms with Crippen LogP contribution < -0.4 is 10.4 Å². The maximum absolute atomic E-state index is 12.7. The van der Waals surface area contributed by atoms with Gasteiger partial charge < -0.3 is 9.80 Å². The molecular formula is C20H23ClN6O. The number of nitrogens with zero attached hydrogens (tertiary/aromatic N) is 4. The average molecular weight is 399 g/mol. The number of hydrogen-bond donors (Lipinski definition) is 2. The standard InChI is InChI=1S/C20H23ClN6O/c21-17-4-1-14(11-16(17)15-2-3-15)12-20(28)26-9-7-25(8-10-26)19-6-5-18(23)27(13-22)24-19/h1,4-6,11,13,15,22-23H,2-3,7-10,12H2. The molecule has 7 nitrogen and oxygen atoms in total. The summed E-state index contributed by atoms with van der Waals surface area (Å²) >= 11 is 6.29. The number of hydrogen-bond acceptors (Lipinski definition) is 5. The molecule has 1 saturated carbocycles. The van der Waals surface area contributed by atoms with Gasteiger partial charge in [-0.05, 0) is 48.1 Å². The van der Waals surface area contributed by atoms with Crippen molar-refractivity contribution in [1.82, 2.24) is 14.7 Å². The molecule has 0 unspecified atom stereocenters. The van der Waals surface area contributed by atoms with Crippen molar-refractivity contribution in [1.29, 1.82) is 10.8 Å². The Hall–Kier alpha value is -2.67. The molecule has 2 heterocycles. The van der Waals surface area contributed by atoms with E-state index in [0.29, 0.717) is 38.5 Å². The number of rotatable bonds is 5. The number of piperazine rings is 1. The van der Waals surface area contributed by atoms with Gasteiger partial charge >= 0.3 is 0 Å². The van der Waals surface area contributed by atoms with E-state index in [2.05, 4.69) is 16.1 Å². The Morgan fingerprint density at radius 3 is 2.61 bits per heavy atom. The van der Waals surface area contributed by atoms with E-state index in [1.54, 1.807) is 12.1 Å². The quantitative estimate of drug-likeness (QED) is 0.598. The Morgan fingerprint density at radius 2 is 1.93 bits per heavy atom. The van der Waals surface area contributed by atoms with Gasteiger partial charge in [-0.1, -0.05) is 23.7 Å². The highest BCUT2D eigenvalue weighted by atomic mass is 35.5. The summed E-state index contributed by atoms with van der Waals surface area (Å²) in [6.45, 7) is 2.64. The van der Waals surface area contributed by atoms with E-state index < -0.39 is 0 Å². The summed E-state index contributed by atoms with van der Waals surface area (Å²) in [5.74, 6) is 1.42. The first-order chi connectivity index (χ1) is 13.5. The molecule has 8 heteroatoms. The Labute approximate surface area is 168 Å². The first kappa shape index (κ1) is 18.7. The van der Waals surface area contributed by atoms with Gasteiger partial charge in [-0.25, -0.2) is 4.68 Å². The summed E-state index contributed by atoms with van der Waals surface area (Å²) < 4.78 is 1.23. The molecule has 2 fully saturated rings. The molecule has 4 rings (SSSR count). The van der Waals surface area contributed by atoms with Crippen LogP contribution in [0, 0.1) is 10.8 Å². The fourth-order valence-corrected chi connectivity index (χ4v) is 3.85. The minimum atomic E-state index is 0.132. The van der Waals surface area contributed by atoms with E-state index in [1.165, 1.54) is 23.1 Å². The molecule has 1 saturated heterocycles. The zero-order valence-corrected chi connectivity index (χ0v) is 16.3. The molecule has 2 aliphatic rings. The van der Waals surface area contributed by atoms with Crippen LogP contribution in [-0.4, -0.2) is 53.1 Å². The van der Waals surface area contributed by atoms with Gasteiger partial charge in [0.25, 0.3) is 0 Å². The molecule has 0 bridgehead atoms. The van der Waals surface area contributed by atoms with E-state index in [-0.39, 0.29) is 11.4 Å². The summed E-state index contributed by atoms with van der Waals surface area (Å²) in [7, 11) is 0. The fraction of sp³-hybridized carbons (Fsp3) is 0.400. The number of amides is 1. The number of carbonyl (C=O) groups is 1. The second kappa shape index (κ2) is 7.75. The summed E-state index contributed by atoms with van der Waals surface area (Å²) in [4.78, 5) is 16.7. The lowest BCUT2D eigenvalue weighted by atomic mass is 10.0. The number of benzene rings is 1. The van der Waals surface area contributed by atoms with E-state index >= 15 is 0 Å². The van der Waals surface area contributed by atoms with Crippen LogP contribution in [0.2, 0.25) is 5.02 Å². The van der Waals surface area contributed by atoms with E-state index in [9.17, 15) is 4.79 Å². The van der Waals surface area contributed by atoms with Gasteiger partial charge in [0.1, 0.15) is 17.6 Å². The van der Waals surface area contributed by atoms with Crippen LogP contribution in [-0.2, 0) is 11.2 Å². The van der Waals surface area contributed by atoms with Crippen LogP contribution in [0.4, 0.5) is 5.82 Å². The minimum Gasteiger partial charge on any atom is -0.352 e. The van der Waals surface area contributed by atoms with Crippen molar-refractivity contribution < 1.29 is 4.79 Å². The normalized spacial score (nSPS) is 16.9. The van der Waals surface area contributed by atoms with Crippen LogP contribution in [0.3, 0.4) is 0 Å². The van der Waals surface area contributed by atoms with Gasteiger partial charge in [0.2, 0.25) is 5.91 Å². The number of nitrogens with one attached hydrogen (secondary N) is 2. The second-order valence-corrected chi connectivity index (χ2v) is 7.73. The Morgan fingerprint density at radius 1 is 1.18 bits per heavy atom. The van der Waals surface area contributed by atoms with Crippen LogP contribution >= 0.6 is 11.6 Å². The van der Waals surface area contributed by atoms with Gasteiger partial charge in [0, 0.05) is 31.2 Å². The Bertz CT molecular complexity index is 959. The second-order valence-electron chi connectivity index (χ2n) is 7.33. The maximum atomic E-state index is 12.7. The van der Waals surface area contributed by atoms with Crippen molar-refractivity contribution in [3.63, 3.8) is 0 Å². The summed E-state index contributed by atoms with van der Waals surface area (Å²) in [6.07, 6.45) is 3.79. The van der Waals surface area contributed by atoms with Gasteiger partial charge in [-0.2, -0.15) is 0 Å². The third-order valence-electron chi connectivity index (χ3n) is 5.36. The third-order valence-corrected chi connectivity index (χ3v) is 5.70. The summed E-state index contributed by atoms with van der Waals surface area (Å²) in [6, 6.07) is 9.37. The van der Waals surface area contributed by atoms with Gasteiger partial charge in [-0.3, -0.25) is 15.6 Å². The van der Waals surface area contributed by atoms with Gasteiger partial charge in [0.15, 0.2) is 0 Å². The lowest BCUT2D eigenvalue weighted by molar-refractivity contribution is -0.130. The van der Waals surface area contributed by atoms with Crippen LogP contribution in [0.5, 0.6) is 0 Å². The fourth-order valence-electron chi connectivity index (χ4n) is 3.58. The largest absolute Gasteiger partial charge is 0.352 e. The number of anilines is 1. The molecular weight excluding hydrogens is 376 g/mol. The predicted octanol–water partition coefficient (Wildman–Crippen LogP) is 2.24. The van der Waals surface area contributed by atoms with E-state index in [1.807, 2.05) is 17.0 Å². The Balaban J connectivity index is 1.37. The van der Waals surface area contributed by atoms with Crippen LogP contribution in [0.25, 0.3) is 0 Å². The zero-order chi connectivity index (χ0) is 19.7. The minimum absolute atomic E-state index is 0.132. The highest BCUT2D eigenvalue weighted by molar-refractivity contribution is 6.31. The topological polar surface area (TPSA) is 89.1 Å². The van der Waals surface area contributed by atoms with Crippen LogP contribution in [0.15, 0.2) is 30.3 Å². The molecule has 146 valence electrons. The van der Waals surface area contributed by atoms with Crippen molar-refractivity contribution in [2.45, 2.75) is 25.2 Å². The van der Waals surface area contributed by atoms with Crippen LogP contribution in [0.1, 0.15) is 29.9 Å². The highest BCUT2D eigenvalue weighted by Gasteiger charge is 2.27. The molecule has 1 aliphatic carbocycles. The average Bonchev–Trinajstić information content (AvgIpc) is 3.55. The number of aromatic nitrogens is 2. The highest BCUT2D eigenvalue weighted by Crippen LogP contribution is 2.43. The van der Waals surface area contributed by atoms with Crippen molar-refractivity contribution >= 4 is 29.7 Å². The molecule has 0 atom stereocenters. The molecule has 0 spiro atoms. The van der Waals surface area contributed by atoms with E-state index in [0.717, 1.165) is 22.7 Å².